The highest BCUT2D eigenvalue weighted by atomic mass is 32.1. The molecule has 4 heteroatoms. The van der Waals surface area contributed by atoms with Gasteiger partial charge in [0.1, 0.15) is 5.01 Å². The zero-order valence-corrected chi connectivity index (χ0v) is 8.21. The van der Waals surface area contributed by atoms with Gasteiger partial charge in [0.05, 0.1) is 10.7 Å². The maximum absolute atomic E-state index is 5.88. The molecule has 0 aliphatic rings. The van der Waals surface area contributed by atoms with Gasteiger partial charge in [-0.2, -0.15) is 0 Å². The van der Waals surface area contributed by atoms with Gasteiger partial charge in [-0.3, -0.25) is 0 Å². The predicted molar refractivity (Wildman–Crippen MR) is 54.6 cm³/mol. The lowest BCUT2D eigenvalue weighted by molar-refractivity contribution is 0.694. The summed E-state index contributed by atoms with van der Waals surface area (Å²) in [5.74, 6) is 0. The van der Waals surface area contributed by atoms with Crippen molar-refractivity contribution in [2.24, 2.45) is 5.73 Å². The maximum atomic E-state index is 5.88. The van der Waals surface area contributed by atoms with Crippen molar-refractivity contribution < 1.29 is 0 Å². The fraction of sp³-hybridized carbons (Fsp3) is 0.333. The first-order chi connectivity index (χ1) is 6.31. The van der Waals surface area contributed by atoms with Crippen molar-refractivity contribution in [2.75, 3.05) is 0 Å². The molecule has 2 aromatic heterocycles. The summed E-state index contributed by atoms with van der Waals surface area (Å²) >= 11 is 1.63. The van der Waals surface area contributed by atoms with Gasteiger partial charge in [0.15, 0.2) is 5.65 Å². The van der Waals surface area contributed by atoms with E-state index in [1.165, 1.54) is 0 Å². The first-order valence-corrected chi connectivity index (χ1v) is 5.10. The Labute approximate surface area is 80.6 Å². The molecule has 0 radical (unpaired) electrons. The zero-order valence-electron chi connectivity index (χ0n) is 7.40. The molecule has 3 nitrogen and oxygen atoms in total. The third kappa shape index (κ3) is 1.55. The van der Waals surface area contributed by atoms with Crippen molar-refractivity contribution in [2.45, 2.75) is 19.4 Å². The van der Waals surface area contributed by atoms with E-state index < -0.39 is 0 Å². The second kappa shape index (κ2) is 3.40. The molecule has 0 bridgehead atoms. The van der Waals surface area contributed by atoms with Crippen LogP contribution in [0.2, 0.25) is 0 Å². The van der Waals surface area contributed by atoms with Crippen molar-refractivity contribution in [3.8, 4) is 0 Å². The van der Waals surface area contributed by atoms with Crippen LogP contribution in [-0.4, -0.2) is 9.97 Å². The van der Waals surface area contributed by atoms with Crippen molar-refractivity contribution in [3.05, 3.63) is 23.3 Å². The molecule has 68 valence electrons. The van der Waals surface area contributed by atoms with Crippen molar-refractivity contribution >= 4 is 21.7 Å². The topological polar surface area (TPSA) is 51.8 Å². The van der Waals surface area contributed by atoms with E-state index in [0.717, 1.165) is 21.8 Å². The lowest BCUT2D eigenvalue weighted by Crippen LogP contribution is -2.07. The average molecular weight is 193 g/mol. The van der Waals surface area contributed by atoms with Gasteiger partial charge in [-0.25, -0.2) is 9.97 Å². The molecule has 0 fully saturated rings. The second-order valence-electron chi connectivity index (χ2n) is 2.89. The van der Waals surface area contributed by atoms with Crippen molar-refractivity contribution in [1.29, 1.82) is 0 Å². The highest BCUT2D eigenvalue weighted by molar-refractivity contribution is 7.18. The Morgan fingerprint density at radius 1 is 1.62 bits per heavy atom. The fourth-order valence-electron chi connectivity index (χ4n) is 1.12. The zero-order chi connectivity index (χ0) is 9.26. The van der Waals surface area contributed by atoms with Crippen LogP contribution in [0.5, 0.6) is 0 Å². The van der Waals surface area contributed by atoms with Crippen LogP contribution in [-0.2, 0) is 0 Å². The summed E-state index contributed by atoms with van der Waals surface area (Å²) in [7, 11) is 0. The lowest BCUT2D eigenvalue weighted by Gasteiger charge is -2.01. The highest BCUT2D eigenvalue weighted by Crippen LogP contribution is 2.24. The number of fused-ring (bicyclic) bond motifs is 1. The number of rotatable bonds is 2. The normalized spacial score (nSPS) is 13.4. The average Bonchev–Trinajstić information content (AvgIpc) is 2.59. The van der Waals surface area contributed by atoms with E-state index >= 15 is 0 Å². The third-order valence-electron chi connectivity index (χ3n) is 1.94. The Morgan fingerprint density at radius 3 is 3.15 bits per heavy atom. The molecule has 2 N–H and O–H groups in total. The minimum atomic E-state index is 0.0548. The molecule has 0 aliphatic carbocycles. The Hall–Kier alpha value is -1.000. The summed E-state index contributed by atoms with van der Waals surface area (Å²) in [5.41, 5.74) is 6.69. The number of nitrogens with two attached hydrogens (primary N) is 1. The SMILES string of the molecule is CCC(N)c1nc2ncccc2s1. The lowest BCUT2D eigenvalue weighted by atomic mass is 10.3. The van der Waals surface area contributed by atoms with E-state index in [-0.39, 0.29) is 6.04 Å². The Bertz CT molecular complexity index is 377. The summed E-state index contributed by atoms with van der Waals surface area (Å²) in [4.78, 5) is 8.53. The van der Waals surface area contributed by atoms with Gasteiger partial charge in [0, 0.05) is 6.20 Å². The van der Waals surface area contributed by atoms with Gasteiger partial charge in [-0.15, -0.1) is 11.3 Å². The smallest absolute Gasteiger partial charge is 0.170 e. The molecular formula is C9H11N3S. The van der Waals surface area contributed by atoms with Gasteiger partial charge in [0.25, 0.3) is 0 Å². The summed E-state index contributed by atoms with van der Waals surface area (Å²) in [6.07, 6.45) is 2.67. The molecule has 0 aliphatic heterocycles. The molecule has 1 unspecified atom stereocenters. The van der Waals surface area contributed by atoms with Gasteiger partial charge < -0.3 is 5.73 Å². The molecule has 2 heterocycles. The van der Waals surface area contributed by atoms with E-state index in [1.807, 2.05) is 12.1 Å². The molecular weight excluding hydrogens is 182 g/mol. The minimum Gasteiger partial charge on any atom is -0.322 e. The molecule has 0 saturated carbocycles. The van der Waals surface area contributed by atoms with Crippen LogP contribution in [0, 0.1) is 0 Å². The molecule has 13 heavy (non-hydrogen) atoms. The van der Waals surface area contributed by atoms with Crippen molar-refractivity contribution in [3.63, 3.8) is 0 Å². The number of pyridine rings is 1. The van der Waals surface area contributed by atoms with E-state index in [1.54, 1.807) is 17.5 Å². The van der Waals surface area contributed by atoms with Crippen LogP contribution in [0.4, 0.5) is 0 Å². The molecule has 0 amide bonds. The number of thiazole rings is 1. The van der Waals surface area contributed by atoms with E-state index in [4.69, 9.17) is 5.73 Å². The number of nitrogens with zero attached hydrogens (tertiary/aromatic N) is 2. The number of hydrogen-bond acceptors (Lipinski definition) is 4. The van der Waals surface area contributed by atoms with Crippen LogP contribution in [0.15, 0.2) is 18.3 Å². The Morgan fingerprint density at radius 2 is 2.46 bits per heavy atom. The fourth-order valence-corrected chi connectivity index (χ4v) is 2.13. The van der Waals surface area contributed by atoms with Gasteiger partial charge in [-0.05, 0) is 18.6 Å². The van der Waals surface area contributed by atoms with Gasteiger partial charge in [-0.1, -0.05) is 6.92 Å². The van der Waals surface area contributed by atoms with Crippen LogP contribution < -0.4 is 5.73 Å². The van der Waals surface area contributed by atoms with Gasteiger partial charge >= 0.3 is 0 Å². The summed E-state index contributed by atoms with van der Waals surface area (Å²) < 4.78 is 1.11. The van der Waals surface area contributed by atoms with Crippen molar-refractivity contribution in [1.82, 2.24) is 9.97 Å². The Balaban J connectivity index is 2.49. The first-order valence-electron chi connectivity index (χ1n) is 4.28. The van der Waals surface area contributed by atoms with Gasteiger partial charge in [0.2, 0.25) is 0 Å². The molecule has 0 spiro atoms. The number of aromatic nitrogens is 2. The van der Waals surface area contributed by atoms with Crippen LogP contribution in [0.25, 0.3) is 10.3 Å². The second-order valence-corrected chi connectivity index (χ2v) is 3.95. The molecule has 0 saturated heterocycles. The van der Waals surface area contributed by atoms with E-state index in [2.05, 4.69) is 16.9 Å². The standard InChI is InChI=1S/C9H11N3S/c1-2-6(10)9-12-8-7(13-9)4-3-5-11-8/h3-6H,2,10H2,1H3. The first kappa shape index (κ1) is 8.59. The molecule has 0 aromatic carbocycles. The summed E-state index contributed by atoms with van der Waals surface area (Å²) in [6, 6.07) is 3.99. The quantitative estimate of drug-likeness (QED) is 0.794. The maximum Gasteiger partial charge on any atom is 0.170 e. The van der Waals surface area contributed by atoms with Crippen LogP contribution in [0.3, 0.4) is 0 Å². The van der Waals surface area contributed by atoms with Crippen LogP contribution >= 0.6 is 11.3 Å². The minimum absolute atomic E-state index is 0.0548. The molecule has 2 rings (SSSR count). The monoisotopic (exact) mass is 193 g/mol. The summed E-state index contributed by atoms with van der Waals surface area (Å²) in [5, 5.41) is 0.983. The molecule has 2 aromatic rings. The third-order valence-corrected chi connectivity index (χ3v) is 3.08. The largest absolute Gasteiger partial charge is 0.322 e. The highest BCUT2D eigenvalue weighted by Gasteiger charge is 2.09. The Kier molecular flexibility index (Phi) is 2.24. The number of hydrogen-bond donors (Lipinski definition) is 1. The van der Waals surface area contributed by atoms with E-state index in [0.29, 0.717) is 0 Å². The summed E-state index contributed by atoms with van der Waals surface area (Å²) in [6.45, 7) is 2.06. The van der Waals surface area contributed by atoms with Crippen LogP contribution in [0.1, 0.15) is 24.4 Å². The predicted octanol–water partition coefficient (Wildman–Crippen LogP) is 2.10. The molecule has 1 atom stereocenters. The van der Waals surface area contributed by atoms with E-state index in [9.17, 15) is 0 Å².